The number of ether oxygens (including phenoxy) is 2. The lowest BCUT2D eigenvalue weighted by Crippen LogP contribution is -2.08. The molecule has 0 fully saturated rings. The molecule has 0 unspecified atom stereocenters. The zero-order valence-corrected chi connectivity index (χ0v) is 15.1. The summed E-state index contributed by atoms with van der Waals surface area (Å²) in [5, 5.41) is 18.2. The minimum absolute atomic E-state index is 0.127. The van der Waals surface area contributed by atoms with Crippen molar-refractivity contribution in [3.8, 4) is 17.2 Å². The molecule has 130 valence electrons. The number of methoxy groups -OCH3 is 1. The molecular formula is C18H19N3O3S. The van der Waals surface area contributed by atoms with E-state index in [2.05, 4.69) is 10.2 Å². The van der Waals surface area contributed by atoms with Gasteiger partial charge in [-0.3, -0.25) is 0 Å². The molecule has 0 spiro atoms. The number of aromatic hydroxyl groups is 1. The van der Waals surface area contributed by atoms with Crippen molar-refractivity contribution in [1.82, 2.24) is 4.57 Å². The molecule has 7 heteroatoms. The normalized spacial score (nSPS) is 12.2. The molecule has 0 atom stereocenters. The molecule has 0 bridgehead atoms. The van der Waals surface area contributed by atoms with E-state index in [1.165, 1.54) is 17.6 Å². The van der Waals surface area contributed by atoms with Crippen LogP contribution in [0.1, 0.15) is 12.5 Å². The third-order valence-electron chi connectivity index (χ3n) is 3.67. The minimum Gasteiger partial charge on any atom is -0.507 e. The molecule has 1 N–H and O–H groups in total. The first kappa shape index (κ1) is 17.0. The van der Waals surface area contributed by atoms with Gasteiger partial charge in [-0.15, -0.1) is 5.10 Å². The molecule has 1 aromatic heterocycles. The maximum atomic E-state index is 9.87. The largest absolute Gasteiger partial charge is 0.507 e. The van der Waals surface area contributed by atoms with E-state index in [0.29, 0.717) is 17.9 Å². The second-order valence-corrected chi connectivity index (χ2v) is 6.28. The highest BCUT2D eigenvalue weighted by atomic mass is 32.1. The van der Waals surface area contributed by atoms with Crippen LogP contribution in [0.2, 0.25) is 0 Å². The number of nitrogens with zero attached hydrogens (tertiary/aromatic N) is 3. The number of hydrogen-bond donors (Lipinski definition) is 1. The van der Waals surface area contributed by atoms with Crippen LogP contribution in [-0.4, -0.2) is 29.6 Å². The number of rotatable bonds is 5. The highest BCUT2D eigenvalue weighted by Crippen LogP contribution is 2.23. The zero-order valence-electron chi connectivity index (χ0n) is 14.3. The Bertz CT molecular complexity index is 989. The fourth-order valence-electron chi connectivity index (χ4n) is 2.37. The summed E-state index contributed by atoms with van der Waals surface area (Å²) < 4.78 is 13.7. The van der Waals surface area contributed by atoms with Crippen molar-refractivity contribution in [1.29, 1.82) is 0 Å². The standard InChI is InChI=1S/C18H19N3O3S/c1-4-24-14-5-7-15-17(10-14)25-18(21(15)2)20-19-11-12-9-13(23-3)6-8-16(12)22/h5-11,22H,4H2,1-3H3. The van der Waals surface area contributed by atoms with Gasteiger partial charge in [0.25, 0.3) is 0 Å². The van der Waals surface area contributed by atoms with Gasteiger partial charge in [-0.25, -0.2) is 0 Å². The van der Waals surface area contributed by atoms with E-state index in [4.69, 9.17) is 9.47 Å². The van der Waals surface area contributed by atoms with Crippen LogP contribution in [-0.2, 0) is 7.05 Å². The summed E-state index contributed by atoms with van der Waals surface area (Å²) in [7, 11) is 3.52. The zero-order chi connectivity index (χ0) is 17.8. The highest BCUT2D eigenvalue weighted by molar-refractivity contribution is 7.16. The second-order valence-electron chi connectivity index (χ2n) is 5.28. The SMILES string of the molecule is CCOc1ccc2c(c1)sc(=NN=Cc1cc(OC)ccc1O)n2C. The van der Waals surface area contributed by atoms with Gasteiger partial charge in [-0.05, 0) is 43.3 Å². The Labute approximate surface area is 149 Å². The van der Waals surface area contributed by atoms with E-state index in [1.54, 1.807) is 25.3 Å². The first-order valence-corrected chi connectivity index (χ1v) is 8.60. The summed E-state index contributed by atoms with van der Waals surface area (Å²) in [5.74, 6) is 1.62. The average molecular weight is 357 g/mol. The summed E-state index contributed by atoms with van der Waals surface area (Å²) >= 11 is 1.53. The Morgan fingerprint density at radius 1 is 1.20 bits per heavy atom. The van der Waals surface area contributed by atoms with Crippen LogP contribution in [0.15, 0.2) is 46.6 Å². The van der Waals surface area contributed by atoms with Gasteiger partial charge in [-0.2, -0.15) is 5.10 Å². The molecular weight excluding hydrogens is 338 g/mol. The predicted molar refractivity (Wildman–Crippen MR) is 99.8 cm³/mol. The lowest BCUT2D eigenvalue weighted by Gasteiger charge is -2.02. The lowest BCUT2D eigenvalue weighted by atomic mass is 10.2. The molecule has 0 saturated carbocycles. The smallest absolute Gasteiger partial charge is 0.211 e. The van der Waals surface area contributed by atoms with Gasteiger partial charge >= 0.3 is 0 Å². The van der Waals surface area contributed by atoms with Gasteiger partial charge in [-0.1, -0.05) is 11.3 Å². The molecule has 0 aliphatic carbocycles. The quantitative estimate of drug-likeness (QED) is 0.563. The number of thiazole rings is 1. The number of fused-ring (bicyclic) bond motifs is 1. The van der Waals surface area contributed by atoms with Crippen LogP contribution < -0.4 is 14.3 Å². The molecule has 6 nitrogen and oxygen atoms in total. The van der Waals surface area contributed by atoms with Crippen LogP contribution >= 0.6 is 11.3 Å². The van der Waals surface area contributed by atoms with E-state index in [0.717, 1.165) is 20.8 Å². The molecule has 0 aliphatic heterocycles. The molecule has 3 aromatic rings. The molecule has 25 heavy (non-hydrogen) atoms. The minimum atomic E-state index is 0.127. The number of aryl methyl sites for hydroxylation is 1. The molecule has 0 aliphatic rings. The molecule has 0 saturated heterocycles. The molecule has 2 aromatic carbocycles. The number of phenolic OH excluding ortho intramolecular Hbond substituents is 1. The Balaban J connectivity index is 1.94. The fourth-order valence-corrected chi connectivity index (χ4v) is 3.38. The van der Waals surface area contributed by atoms with Gasteiger partial charge in [0.1, 0.15) is 17.2 Å². The molecule has 3 rings (SSSR count). The summed E-state index contributed by atoms with van der Waals surface area (Å²) in [5.41, 5.74) is 1.61. The molecule has 0 radical (unpaired) electrons. The van der Waals surface area contributed by atoms with Crippen molar-refractivity contribution in [2.24, 2.45) is 17.3 Å². The van der Waals surface area contributed by atoms with Crippen LogP contribution in [0.5, 0.6) is 17.2 Å². The van der Waals surface area contributed by atoms with Crippen molar-refractivity contribution in [2.75, 3.05) is 13.7 Å². The number of aromatic nitrogens is 1. The fraction of sp³-hybridized carbons (Fsp3) is 0.222. The average Bonchev–Trinajstić information content (AvgIpc) is 2.92. The first-order valence-electron chi connectivity index (χ1n) is 7.79. The molecule has 1 heterocycles. The van der Waals surface area contributed by atoms with E-state index in [9.17, 15) is 5.11 Å². The van der Waals surface area contributed by atoms with E-state index < -0.39 is 0 Å². The number of hydrogen-bond acceptors (Lipinski definition) is 6. The first-order chi connectivity index (χ1) is 12.1. The topological polar surface area (TPSA) is 68.3 Å². The maximum Gasteiger partial charge on any atom is 0.211 e. The Hall–Kier alpha value is -2.80. The summed E-state index contributed by atoms with van der Waals surface area (Å²) in [6, 6.07) is 10.9. The second kappa shape index (κ2) is 7.40. The lowest BCUT2D eigenvalue weighted by molar-refractivity contribution is 0.341. The van der Waals surface area contributed by atoms with Crippen molar-refractivity contribution >= 4 is 27.8 Å². The molecule has 0 amide bonds. The third-order valence-corrected chi connectivity index (χ3v) is 4.75. The van der Waals surface area contributed by atoms with Crippen LogP contribution in [0.25, 0.3) is 10.2 Å². The van der Waals surface area contributed by atoms with Gasteiger partial charge < -0.3 is 19.1 Å². The predicted octanol–water partition coefficient (Wildman–Crippen LogP) is 3.29. The van der Waals surface area contributed by atoms with Crippen LogP contribution in [0.4, 0.5) is 0 Å². The number of benzene rings is 2. The summed E-state index contributed by atoms with van der Waals surface area (Å²) in [4.78, 5) is 0.752. The van der Waals surface area contributed by atoms with Crippen molar-refractivity contribution in [3.05, 3.63) is 46.8 Å². The van der Waals surface area contributed by atoms with E-state index in [1.807, 2.05) is 36.7 Å². The van der Waals surface area contributed by atoms with Gasteiger partial charge in [0, 0.05) is 12.6 Å². The summed E-state index contributed by atoms with van der Waals surface area (Å²) in [6.07, 6.45) is 1.51. The van der Waals surface area contributed by atoms with Crippen molar-refractivity contribution in [2.45, 2.75) is 6.92 Å². The third kappa shape index (κ3) is 3.66. The Morgan fingerprint density at radius 3 is 2.76 bits per heavy atom. The van der Waals surface area contributed by atoms with Crippen LogP contribution in [0, 0.1) is 0 Å². The van der Waals surface area contributed by atoms with Gasteiger partial charge in [0.15, 0.2) is 0 Å². The van der Waals surface area contributed by atoms with Crippen molar-refractivity contribution in [3.63, 3.8) is 0 Å². The van der Waals surface area contributed by atoms with E-state index >= 15 is 0 Å². The monoisotopic (exact) mass is 357 g/mol. The van der Waals surface area contributed by atoms with Gasteiger partial charge in [0.2, 0.25) is 4.80 Å². The maximum absolute atomic E-state index is 9.87. The highest BCUT2D eigenvalue weighted by Gasteiger charge is 2.04. The van der Waals surface area contributed by atoms with Crippen molar-refractivity contribution < 1.29 is 14.6 Å². The Morgan fingerprint density at radius 2 is 2.00 bits per heavy atom. The van der Waals surface area contributed by atoms with E-state index in [-0.39, 0.29) is 5.75 Å². The van der Waals surface area contributed by atoms with Crippen LogP contribution in [0.3, 0.4) is 0 Å². The summed E-state index contributed by atoms with van der Waals surface area (Å²) in [6.45, 7) is 2.59. The Kier molecular flexibility index (Phi) is 5.04. The van der Waals surface area contributed by atoms with Gasteiger partial charge in [0.05, 0.1) is 30.1 Å². The number of phenols is 1.